The number of esters is 1. The maximum Gasteiger partial charge on any atom is 0.349 e. The van der Waals surface area contributed by atoms with E-state index in [4.69, 9.17) is 0 Å². The van der Waals surface area contributed by atoms with Gasteiger partial charge in [0.25, 0.3) is 5.91 Å². The zero-order chi connectivity index (χ0) is 13.8. The molecule has 2 rings (SSSR count). The van der Waals surface area contributed by atoms with Gasteiger partial charge in [0.05, 0.1) is 25.2 Å². The fraction of sp³-hybridized carbons (Fsp3) is 0.182. The van der Waals surface area contributed by atoms with Crippen molar-refractivity contribution >= 4 is 28.3 Å². The SMILES string of the molecule is COC(=O)c1cnc(NC(=O)c2cnc(C)cn2)s1. The van der Waals surface area contributed by atoms with Crippen molar-refractivity contribution in [2.45, 2.75) is 6.92 Å². The summed E-state index contributed by atoms with van der Waals surface area (Å²) in [6.07, 6.45) is 4.21. The molecule has 1 N–H and O–H groups in total. The molecule has 0 saturated carbocycles. The van der Waals surface area contributed by atoms with Crippen molar-refractivity contribution < 1.29 is 14.3 Å². The molecule has 0 fully saturated rings. The second kappa shape index (κ2) is 5.53. The van der Waals surface area contributed by atoms with Gasteiger partial charge < -0.3 is 4.74 Å². The second-order valence-corrected chi connectivity index (χ2v) is 4.55. The molecule has 0 spiro atoms. The lowest BCUT2D eigenvalue weighted by atomic mass is 10.4. The number of thiazole rings is 1. The molecule has 2 heterocycles. The van der Waals surface area contributed by atoms with Gasteiger partial charge in [-0.05, 0) is 6.92 Å². The molecular formula is C11H10N4O3S. The number of amides is 1. The van der Waals surface area contributed by atoms with Crippen LogP contribution in [0.1, 0.15) is 25.9 Å². The van der Waals surface area contributed by atoms with Crippen LogP contribution >= 0.6 is 11.3 Å². The molecule has 0 saturated heterocycles. The van der Waals surface area contributed by atoms with E-state index < -0.39 is 11.9 Å². The van der Waals surface area contributed by atoms with E-state index in [1.807, 2.05) is 0 Å². The van der Waals surface area contributed by atoms with E-state index in [0.717, 1.165) is 17.0 Å². The van der Waals surface area contributed by atoms with Crippen molar-refractivity contribution in [3.05, 3.63) is 34.9 Å². The van der Waals surface area contributed by atoms with Crippen molar-refractivity contribution in [3.8, 4) is 0 Å². The monoisotopic (exact) mass is 278 g/mol. The highest BCUT2D eigenvalue weighted by Gasteiger charge is 2.14. The Morgan fingerprint density at radius 1 is 1.21 bits per heavy atom. The molecule has 98 valence electrons. The number of anilines is 1. The van der Waals surface area contributed by atoms with Crippen LogP contribution in [0, 0.1) is 6.92 Å². The van der Waals surface area contributed by atoms with Crippen LogP contribution in [0.25, 0.3) is 0 Å². The Morgan fingerprint density at radius 2 is 2.00 bits per heavy atom. The van der Waals surface area contributed by atoms with Gasteiger partial charge in [-0.2, -0.15) is 0 Å². The first-order valence-electron chi connectivity index (χ1n) is 5.24. The highest BCUT2D eigenvalue weighted by atomic mass is 32.1. The Labute approximate surface area is 112 Å². The van der Waals surface area contributed by atoms with E-state index in [2.05, 4.69) is 25.0 Å². The fourth-order valence-corrected chi connectivity index (χ4v) is 1.93. The molecule has 0 aliphatic carbocycles. The number of carbonyl (C=O) groups is 2. The van der Waals surface area contributed by atoms with E-state index in [-0.39, 0.29) is 5.69 Å². The zero-order valence-electron chi connectivity index (χ0n) is 10.2. The smallest absolute Gasteiger partial charge is 0.349 e. The summed E-state index contributed by atoms with van der Waals surface area (Å²) in [6, 6.07) is 0. The van der Waals surface area contributed by atoms with Gasteiger partial charge in [0, 0.05) is 6.20 Å². The Bertz CT molecular complexity index is 609. The van der Waals surface area contributed by atoms with Crippen LogP contribution in [0.4, 0.5) is 5.13 Å². The van der Waals surface area contributed by atoms with Crippen LogP contribution in [-0.4, -0.2) is 33.9 Å². The zero-order valence-corrected chi connectivity index (χ0v) is 11.0. The number of carbonyl (C=O) groups excluding carboxylic acids is 2. The first-order valence-corrected chi connectivity index (χ1v) is 6.06. The van der Waals surface area contributed by atoms with Crippen LogP contribution in [-0.2, 0) is 4.74 Å². The lowest BCUT2D eigenvalue weighted by Crippen LogP contribution is -2.13. The lowest BCUT2D eigenvalue weighted by molar-refractivity contribution is 0.0606. The van der Waals surface area contributed by atoms with Gasteiger partial charge in [0.1, 0.15) is 10.6 Å². The molecule has 7 nitrogen and oxygen atoms in total. The van der Waals surface area contributed by atoms with Crippen molar-refractivity contribution in [3.63, 3.8) is 0 Å². The number of aryl methyl sites for hydroxylation is 1. The minimum atomic E-state index is -0.492. The number of rotatable bonds is 3. The predicted octanol–water partition coefficient (Wildman–Crippen LogP) is 1.28. The largest absolute Gasteiger partial charge is 0.465 e. The molecule has 0 aliphatic rings. The number of nitrogens with one attached hydrogen (secondary N) is 1. The summed E-state index contributed by atoms with van der Waals surface area (Å²) in [7, 11) is 1.28. The molecule has 19 heavy (non-hydrogen) atoms. The van der Waals surface area contributed by atoms with Crippen LogP contribution in [0.2, 0.25) is 0 Å². The Balaban J connectivity index is 2.08. The van der Waals surface area contributed by atoms with Crippen molar-refractivity contribution in [2.24, 2.45) is 0 Å². The summed E-state index contributed by atoms with van der Waals surface area (Å²) in [4.78, 5) is 35.2. The van der Waals surface area contributed by atoms with Gasteiger partial charge in [0.2, 0.25) is 0 Å². The third-order valence-electron chi connectivity index (χ3n) is 2.13. The summed E-state index contributed by atoms with van der Waals surface area (Å²) >= 11 is 1.03. The summed E-state index contributed by atoms with van der Waals surface area (Å²) < 4.78 is 4.55. The minimum absolute atomic E-state index is 0.181. The average Bonchev–Trinajstić information content (AvgIpc) is 2.87. The van der Waals surface area contributed by atoms with E-state index >= 15 is 0 Å². The van der Waals surface area contributed by atoms with Gasteiger partial charge in [-0.15, -0.1) is 0 Å². The number of hydrogen-bond acceptors (Lipinski definition) is 7. The fourth-order valence-electron chi connectivity index (χ4n) is 1.20. The number of methoxy groups -OCH3 is 1. The molecule has 0 unspecified atom stereocenters. The summed E-state index contributed by atoms with van der Waals surface area (Å²) in [5, 5.41) is 2.83. The lowest BCUT2D eigenvalue weighted by Gasteiger charge is -2.00. The van der Waals surface area contributed by atoms with Crippen LogP contribution < -0.4 is 5.32 Å². The number of hydrogen-bond donors (Lipinski definition) is 1. The number of ether oxygens (including phenoxy) is 1. The summed E-state index contributed by atoms with van der Waals surface area (Å²) in [6.45, 7) is 1.78. The molecule has 0 atom stereocenters. The van der Waals surface area contributed by atoms with E-state index in [0.29, 0.717) is 10.0 Å². The maximum atomic E-state index is 11.8. The quantitative estimate of drug-likeness (QED) is 0.850. The van der Waals surface area contributed by atoms with Gasteiger partial charge in [-0.3, -0.25) is 15.1 Å². The highest BCUT2D eigenvalue weighted by molar-refractivity contribution is 7.17. The standard InChI is InChI=1S/C11H10N4O3S/c1-6-3-13-7(4-12-6)9(16)15-11-14-5-8(19-11)10(17)18-2/h3-5H,1-2H3,(H,14,15,16). The van der Waals surface area contributed by atoms with Gasteiger partial charge >= 0.3 is 5.97 Å². The Kier molecular flexibility index (Phi) is 3.81. The summed E-state index contributed by atoms with van der Waals surface area (Å²) in [5.41, 5.74) is 0.902. The second-order valence-electron chi connectivity index (χ2n) is 3.52. The minimum Gasteiger partial charge on any atom is -0.465 e. The number of aromatic nitrogens is 3. The summed E-state index contributed by atoms with van der Waals surface area (Å²) in [5.74, 6) is -0.925. The average molecular weight is 278 g/mol. The maximum absolute atomic E-state index is 11.8. The van der Waals surface area contributed by atoms with Gasteiger partial charge in [0.15, 0.2) is 5.13 Å². The van der Waals surface area contributed by atoms with E-state index in [1.165, 1.54) is 25.7 Å². The molecule has 0 radical (unpaired) electrons. The van der Waals surface area contributed by atoms with Gasteiger partial charge in [-0.25, -0.2) is 14.8 Å². The molecule has 8 heteroatoms. The van der Waals surface area contributed by atoms with E-state index in [1.54, 1.807) is 6.92 Å². The third-order valence-corrected chi connectivity index (χ3v) is 3.02. The molecule has 0 bridgehead atoms. The molecule has 2 aromatic rings. The first kappa shape index (κ1) is 13.1. The third kappa shape index (κ3) is 3.10. The normalized spacial score (nSPS) is 10.0. The molecule has 2 aromatic heterocycles. The molecule has 0 aromatic carbocycles. The Morgan fingerprint density at radius 3 is 2.63 bits per heavy atom. The van der Waals surface area contributed by atoms with Crippen LogP contribution in [0.15, 0.2) is 18.6 Å². The highest BCUT2D eigenvalue weighted by Crippen LogP contribution is 2.19. The Hall–Kier alpha value is -2.35. The number of nitrogens with zero attached hydrogens (tertiary/aromatic N) is 3. The van der Waals surface area contributed by atoms with Crippen molar-refractivity contribution in [1.29, 1.82) is 0 Å². The predicted molar refractivity (Wildman–Crippen MR) is 68.2 cm³/mol. The van der Waals surface area contributed by atoms with Crippen molar-refractivity contribution in [1.82, 2.24) is 15.0 Å². The molecule has 1 amide bonds. The van der Waals surface area contributed by atoms with E-state index in [9.17, 15) is 9.59 Å². The van der Waals surface area contributed by atoms with Crippen molar-refractivity contribution in [2.75, 3.05) is 12.4 Å². The van der Waals surface area contributed by atoms with Crippen LogP contribution in [0.5, 0.6) is 0 Å². The topological polar surface area (TPSA) is 94.1 Å². The first-order chi connectivity index (χ1) is 9.10. The molecular weight excluding hydrogens is 268 g/mol. The van der Waals surface area contributed by atoms with Gasteiger partial charge in [-0.1, -0.05) is 11.3 Å². The molecule has 0 aliphatic heterocycles. The van der Waals surface area contributed by atoms with Crippen LogP contribution in [0.3, 0.4) is 0 Å².